The quantitative estimate of drug-likeness (QED) is 0.663. The number of nitro groups is 1. The van der Waals surface area contributed by atoms with Crippen LogP contribution < -0.4 is 5.73 Å². The second-order valence-electron chi connectivity index (χ2n) is 6.85. The van der Waals surface area contributed by atoms with Gasteiger partial charge in [-0.05, 0) is 83.2 Å². The van der Waals surface area contributed by atoms with Gasteiger partial charge < -0.3 is 15.8 Å². The van der Waals surface area contributed by atoms with E-state index >= 15 is 0 Å². The van der Waals surface area contributed by atoms with E-state index in [2.05, 4.69) is 4.98 Å². The molecule has 5 rings (SSSR count). The van der Waals surface area contributed by atoms with Crippen LogP contribution in [0.25, 0.3) is 0 Å². The summed E-state index contributed by atoms with van der Waals surface area (Å²) >= 11 is 0. The highest BCUT2D eigenvalue weighted by atomic mass is 16.6. The number of hydrogen-bond acceptors (Lipinski definition) is 4. The number of nitrogens with two attached hydrogens (primary N) is 1. The van der Waals surface area contributed by atoms with Crippen molar-refractivity contribution in [1.82, 2.24) is 4.98 Å². The first-order chi connectivity index (χ1) is 9.63. The Morgan fingerprint density at radius 1 is 1.15 bits per heavy atom. The van der Waals surface area contributed by atoms with Crippen molar-refractivity contribution in [2.75, 3.05) is 5.73 Å². The standard InChI is InChI=1S/C15H19N3O2/c16-14-12(1-2-17-15(14)18(19)20)13-10-4-8-3-9(6-10)7-11(13)5-8/h1-2,8-11,13H,3-7,16H2. The van der Waals surface area contributed by atoms with Gasteiger partial charge in [-0.3, -0.25) is 0 Å². The minimum Gasteiger partial charge on any atom is -0.392 e. The Balaban J connectivity index is 1.75. The molecule has 1 heterocycles. The van der Waals surface area contributed by atoms with Gasteiger partial charge in [-0.15, -0.1) is 0 Å². The molecule has 4 bridgehead atoms. The van der Waals surface area contributed by atoms with E-state index in [1.165, 1.54) is 32.1 Å². The number of nitrogens with zero attached hydrogens (tertiary/aromatic N) is 2. The van der Waals surface area contributed by atoms with Gasteiger partial charge in [0.05, 0.1) is 0 Å². The Morgan fingerprint density at radius 3 is 2.30 bits per heavy atom. The zero-order chi connectivity index (χ0) is 13.9. The molecule has 1 aromatic rings. The van der Waals surface area contributed by atoms with Crippen LogP contribution in [0, 0.1) is 33.8 Å². The molecule has 0 amide bonds. The highest BCUT2D eigenvalue weighted by molar-refractivity contribution is 5.60. The third kappa shape index (κ3) is 1.65. The largest absolute Gasteiger partial charge is 0.392 e. The van der Waals surface area contributed by atoms with Gasteiger partial charge in [0.1, 0.15) is 11.9 Å². The molecule has 0 aromatic carbocycles. The van der Waals surface area contributed by atoms with E-state index in [4.69, 9.17) is 5.73 Å². The van der Waals surface area contributed by atoms with E-state index in [1.54, 1.807) is 6.20 Å². The molecule has 0 unspecified atom stereocenters. The van der Waals surface area contributed by atoms with Crippen LogP contribution in [0.1, 0.15) is 43.6 Å². The molecule has 1 aromatic heterocycles. The summed E-state index contributed by atoms with van der Waals surface area (Å²) in [6.45, 7) is 0. The SMILES string of the molecule is Nc1c(C2C3CC4CC(C3)CC2C4)ccnc1[N+](=O)[O-]. The first kappa shape index (κ1) is 12.1. The lowest BCUT2D eigenvalue weighted by molar-refractivity contribution is -0.388. The molecular weight excluding hydrogens is 254 g/mol. The van der Waals surface area contributed by atoms with Crippen molar-refractivity contribution >= 4 is 11.5 Å². The van der Waals surface area contributed by atoms with Crippen molar-refractivity contribution in [3.05, 3.63) is 27.9 Å². The lowest BCUT2D eigenvalue weighted by Crippen LogP contribution is -2.44. The van der Waals surface area contributed by atoms with Crippen molar-refractivity contribution in [1.29, 1.82) is 0 Å². The van der Waals surface area contributed by atoms with Crippen molar-refractivity contribution in [3.63, 3.8) is 0 Å². The Hall–Kier alpha value is -1.65. The molecule has 106 valence electrons. The molecular formula is C15H19N3O2. The minimum atomic E-state index is -0.463. The highest BCUT2D eigenvalue weighted by Crippen LogP contribution is 2.60. The van der Waals surface area contributed by atoms with Crippen LogP contribution >= 0.6 is 0 Å². The van der Waals surface area contributed by atoms with E-state index in [-0.39, 0.29) is 5.82 Å². The molecule has 4 aliphatic rings. The number of nitrogen functional groups attached to an aromatic ring is 1. The third-order valence-electron chi connectivity index (χ3n) is 5.76. The molecule has 0 spiro atoms. The maximum Gasteiger partial charge on any atom is 0.386 e. The normalized spacial score (nSPS) is 38.1. The zero-order valence-electron chi connectivity index (χ0n) is 11.4. The lowest BCUT2D eigenvalue weighted by Gasteiger charge is -2.54. The predicted octanol–water partition coefficient (Wildman–Crippen LogP) is 3.11. The van der Waals surface area contributed by atoms with Crippen molar-refractivity contribution in [2.45, 2.75) is 38.0 Å². The van der Waals surface area contributed by atoms with Crippen LogP contribution in [0.2, 0.25) is 0 Å². The van der Waals surface area contributed by atoms with Gasteiger partial charge in [-0.2, -0.15) is 0 Å². The van der Waals surface area contributed by atoms with Crippen LogP contribution in [-0.4, -0.2) is 9.91 Å². The van der Waals surface area contributed by atoms with Crippen LogP contribution in [-0.2, 0) is 0 Å². The second-order valence-corrected chi connectivity index (χ2v) is 6.85. The Morgan fingerprint density at radius 2 is 1.75 bits per heavy atom. The second kappa shape index (κ2) is 4.17. The maximum absolute atomic E-state index is 11.0. The van der Waals surface area contributed by atoms with Crippen molar-refractivity contribution in [3.8, 4) is 0 Å². The van der Waals surface area contributed by atoms with Crippen LogP contribution in [0.4, 0.5) is 11.5 Å². The topological polar surface area (TPSA) is 82.0 Å². The molecule has 4 fully saturated rings. The third-order valence-corrected chi connectivity index (χ3v) is 5.76. The summed E-state index contributed by atoms with van der Waals surface area (Å²) in [6, 6.07) is 1.91. The van der Waals surface area contributed by atoms with Crippen LogP contribution in [0.3, 0.4) is 0 Å². The van der Waals surface area contributed by atoms with Gasteiger partial charge in [0, 0.05) is 0 Å². The Kier molecular flexibility index (Phi) is 2.53. The smallest absolute Gasteiger partial charge is 0.386 e. The minimum absolute atomic E-state index is 0.170. The van der Waals surface area contributed by atoms with Gasteiger partial charge in [-0.1, -0.05) is 0 Å². The van der Waals surface area contributed by atoms with Crippen molar-refractivity contribution in [2.24, 2.45) is 23.7 Å². The predicted molar refractivity (Wildman–Crippen MR) is 75.1 cm³/mol. The Labute approximate surface area is 117 Å². The first-order valence-electron chi connectivity index (χ1n) is 7.52. The number of pyridine rings is 1. The summed E-state index contributed by atoms with van der Waals surface area (Å²) in [7, 11) is 0. The molecule has 0 atom stereocenters. The fraction of sp³-hybridized carbons (Fsp3) is 0.667. The molecule has 0 radical (unpaired) electrons. The first-order valence-corrected chi connectivity index (χ1v) is 7.52. The van der Waals surface area contributed by atoms with Crippen molar-refractivity contribution < 1.29 is 4.92 Å². The molecule has 2 N–H and O–H groups in total. The average molecular weight is 273 g/mol. The molecule has 0 aliphatic heterocycles. The average Bonchev–Trinajstić information content (AvgIpc) is 2.39. The van der Waals surface area contributed by atoms with E-state index < -0.39 is 4.92 Å². The summed E-state index contributed by atoms with van der Waals surface area (Å²) in [6.07, 6.45) is 8.10. The van der Waals surface area contributed by atoms with E-state index in [1.807, 2.05) is 6.07 Å². The zero-order valence-corrected chi connectivity index (χ0v) is 11.4. The summed E-state index contributed by atoms with van der Waals surface area (Å²) in [4.78, 5) is 14.4. The summed E-state index contributed by atoms with van der Waals surface area (Å²) in [5.74, 6) is 3.39. The number of aromatic nitrogens is 1. The summed E-state index contributed by atoms with van der Waals surface area (Å²) < 4.78 is 0. The number of hydrogen-bond donors (Lipinski definition) is 1. The summed E-state index contributed by atoms with van der Waals surface area (Å²) in [5.41, 5.74) is 7.35. The molecule has 5 nitrogen and oxygen atoms in total. The Bertz CT molecular complexity index is 544. The van der Waals surface area contributed by atoms with E-state index in [9.17, 15) is 10.1 Å². The highest BCUT2D eigenvalue weighted by Gasteiger charge is 2.49. The van der Waals surface area contributed by atoms with Gasteiger partial charge in [-0.25, -0.2) is 0 Å². The summed E-state index contributed by atoms with van der Waals surface area (Å²) in [5, 5.41) is 11.0. The maximum atomic E-state index is 11.0. The van der Waals surface area contributed by atoms with Gasteiger partial charge >= 0.3 is 5.82 Å². The van der Waals surface area contributed by atoms with Crippen LogP contribution in [0.15, 0.2) is 12.3 Å². The molecule has 4 saturated carbocycles. The number of anilines is 1. The lowest BCUT2D eigenvalue weighted by atomic mass is 9.50. The fourth-order valence-electron chi connectivity index (χ4n) is 5.35. The monoisotopic (exact) mass is 273 g/mol. The van der Waals surface area contributed by atoms with E-state index in [0.29, 0.717) is 23.4 Å². The van der Waals surface area contributed by atoms with Gasteiger partial charge in [0.2, 0.25) is 0 Å². The molecule has 20 heavy (non-hydrogen) atoms. The van der Waals surface area contributed by atoms with Gasteiger partial charge in [0.15, 0.2) is 0 Å². The number of rotatable bonds is 2. The van der Waals surface area contributed by atoms with Gasteiger partial charge in [0.25, 0.3) is 0 Å². The van der Waals surface area contributed by atoms with Crippen LogP contribution in [0.5, 0.6) is 0 Å². The molecule has 4 aliphatic carbocycles. The van der Waals surface area contributed by atoms with E-state index in [0.717, 1.165) is 17.4 Å². The molecule has 5 heteroatoms. The molecule has 0 saturated heterocycles. The fourth-order valence-corrected chi connectivity index (χ4v) is 5.35.